The van der Waals surface area contributed by atoms with E-state index >= 15 is 0 Å². The van der Waals surface area contributed by atoms with Gasteiger partial charge in [0.2, 0.25) is 0 Å². The summed E-state index contributed by atoms with van der Waals surface area (Å²) in [6.45, 7) is 0. The third kappa shape index (κ3) is 3.91. The Morgan fingerprint density at radius 2 is 2.15 bits per heavy atom. The number of rotatable bonds is 5. The summed E-state index contributed by atoms with van der Waals surface area (Å²) in [6, 6.07) is 6.57. The van der Waals surface area contributed by atoms with Crippen LogP contribution in [0.5, 0.6) is 0 Å². The summed E-state index contributed by atoms with van der Waals surface area (Å²) >= 11 is 3.06. The van der Waals surface area contributed by atoms with Gasteiger partial charge in [-0.25, -0.2) is 4.98 Å². The minimum atomic E-state index is -0.399. The van der Waals surface area contributed by atoms with Crippen LogP contribution < -0.4 is 5.32 Å². The number of nitro groups is 1. The molecule has 2 aromatic heterocycles. The van der Waals surface area contributed by atoms with Crippen LogP contribution in [0.25, 0.3) is 0 Å². The van der Waals surface area contributed by atoms with Crippen molar-refractivity contribution in [2.45, 2.75) is 32.1 Å². The van der Waals surface area contributed by atoms with E-state index in [1.165, 1.54) is 34.3 Å². The summed E-state index contributed by atoms with van der Waals surface area (Å²) in [7, 11) is 0. The zero-order chi connectivity index (χ0) is 18.8. The summed E-state index contributed by atoms with van der Waals surface area (Å²) in [6.07, 6.45) is 6.62. The lowest BCUT2D eigenvalue weighted by molar-refractivity contribution is -0.384. The third-order valence-electron chi connectivity index (χ3n) is 4.58. The van der Waals surface area contributed by atoms with E-state index in [4.69, 9.17) is 0 Å². The largest absolute Gasteiger partial charge is 0.298 e. The topological polar surface area (TPSA) is 85.1 Å². The van der Waals surface area contributed by atoms with Crippen LogP contribution in [-0.4, -0.2) is 15.8 Å². The molecule has 3 aromatic rings. The number of nitrogens with zero attached hydrogens (tertiary/aromatic N) is 2. The second-order valence-corrected chi connectivity index (χ2v) is 8.53. The number of hydrogen-bond acceptors (Lipinski definition) is 6. The maximum absolute atomic E-state index is 12.6. The third-order valence-corrected chi connectivity index (χ3v) is 6.58. The SMILES string of the molecule is O=C(Nc1ncc(Cc2cccc([N+](=O)[O-])c2)s1)c1csc2c1CCCC2. The second kappa shape index (κ2) is 7.58. The lowest BCUT2D eigenvalue weighted by atomic mass is 9.96. The van der Waals surface area contributed by atoms with Gasteiger partial charge in [-0.15, -0.1) is 22.7 Å². The molecule has 2 heterocycles. The molecular weight excluding hydrogens is 382 g/mol. The van der Waals surface area contributed by atoms with Crippen molar-refractivity contribution in [3.8, 4) is 0 Å². The van der Waals surface area contributed by atoms with Crippen molar-refractivity contribution in [3.05, 3.63) is 72.4 Å². The quantitative estimate of drug-likeness (QED) is 0.492. The van der Waals surface area contributed by atoms with E-state index in [1.807, 2.05) is 11.4 Å². The number of anilines is 1. The minimum absolute atomic E-state index is 0.0766. The number of benzene rings is 1. The van der Waals surface area contributed by atoms with Crippen molar-refractivity contribution in [1.29, 1.82) is 0 Å². The molecule has 0 bridgehead atoms. The molecular formula is C19H17N3O3S2. The Morgan fingerprint density at radius 1 is 1.30 bits per heavy atom. The molecule has 0 atom stereocenters. The highest BCUT2D eigenvalue weighted by atomic mass is 32.1. The number of carbonyl (C=O) groups excluding carboxylic acids is 1. The van der Waals surface area contributed by atoms with Crippen LogP contribution in [0.2, 0.25) is 0 Å². The highest BCUT2D eigenvalue weighted by Crippen LogP contribution is 2.31. The van der Waals surface area contributed by atoms with Crippen molar-refractivity contribution in [2.75, 3.05) is 5.32 Å². The average molecular weight is 399 g/mol. The van der Waals surface area contributed by atoms with Gasteiger partial charge in [0.05, 0.1) is 10.5 Å². The Labute approximate surface area is 164 Å². The second-order valence-electron chi connectivity index (χ2n) is 6.45. The standard InChI is InChI=1S/C19H17N3O3S2/c23-18(16-11-26-17-7-2-1-6-15(16)17)21-19-20-10-14(27-19)9-12-4-3-5-13(8-12)22(24)25/h3-5,8,10-11H,1-2,6-7,9H2,(H,20,21,23). The molecule has 0 radical (unpaired) electrons. The number of thiophene rings is 1. The van der Waals surface area contributed by atoms with Gasteiger partial charge < -0.3 is 0 Å². The smallest absolute Gasteiger partial charge is 0.269 e. The Morgan fingerprint density at radius 3 is 3.00 bits per heavy atom. The van der Waals surface area contributed by atoms with Crippen LogP contribution in [0.1, 0.15) is 44.1 Å². The van der Waals surface area contributed by atoms with Gasteiger partial charge in [-0.05, 0) is 36.8 Å². The molecule has 1 aromatic carbocycles. The molecule has 1 aliphatic rings. The normalized spacial score (nSPS) is 13.2. The van der Waals surface area contributed by atoms with Crippen LogP contribution in [-0.2, 0) is 19.3 Å². The number of aromatic nitrogens is 1. The van der Waals surface area contributed by atoms with Gasteiger partial charge in [0.1, 0.15) is 0 Å². The van der Waals surface area contributed by atoms with Crippen LogP contribution in [0.15, 0.2) is 35.8 Å². The van der Waals surface area contributed by atoms with E-state index in [2.05, 4.69) is 10.3 Å². The fourth-order valence-electron chi connectivity index (χ4n) is 3.28. The number of non-ortho nitro benzene ring substituents is 1. The predicted octanol–water partition coefficient (Wildman–Crippen LogP) is 4.83. The molecule has 1 amide bonds. The number of carbonyl (C=O) groups is 1. The molecule has 1 aliphatic carbocycles. The number of nitro benzene ring substituents is 1. The molecule has 0 fully saturated rings. The Hall–Kier alpha value is -2.58. The molecule has 4 rings (SSSR count). The van der Waals surface area contributed by atoms with Gasteiger partial charge in [0.15, 0.2) is 5.13 Å². The van der Waals surface area contributed by atoms with E-state index in [9.17, 15) is 14.9 Å². The van der Waals surface area contributed by atoms with Crippen molar-refractivity contribution < 1.29 is 9.72 Å². The predicted molar refractivity (Wildman–Crippen MR) is 107 cm³/mol. The first kappa shape index (κ1) is 17.8. The van der Waals surface area contributed by atoms with E-state index < -0.39 is 4.92 Å². The molecule has 0 saturated carbocycles. The van der Waals surface area contributed by atoms with Crippen molar-refractivity contribution in [2.24, 2.45) is 0 Å². The van der Waals surface area contributed by atoms with Gasteiger partial charge >= 0.3 is 0 Å². The van der Waals surface area contributed by atoms with E-state index in [1.54, 1.807) is 29.7 Å². The summed E-state index contributed by atoms with van der Waals surface area (Å²) < 4.78 is 0. The van der Waals surface area contributed by atoms with Gasteiger partial charge in [-0.1, -0.05) is 12.1 Å². The molecule has 27 heavy (non-hydrogen) atoms. The first-order chi connectivity index (χ1) is 13.1. The van der Waals surface area contributed by atoms with Gasteiger partial charge in [0.25, 0.3) is 11.6 Å². The molecule has 1 N–H and O–H groups in total. The highest BCUT2D eigenvalue weighted by Gasteiger charge is 2.20. The van der Waals surface area contributed by atoms with Crippen LogP contribution in [0, 0.1) is 10.1 Å². The average Bonchev–Trinajstić information content (AvgIpc) is 3.28. The Balaban J connectivity index is 1.45. The molecule has 8 heteroatoms. The van der Waals surface area contributed by atoms with Crippen molar-refractivity contribution in [3.63, 3.8) is 0 Å². The lowest BCUT2D eigenvalue weighted by Gasteiger charge is -2.12. The Bertz CT molecular complexity index is 1010. The van der Waals surface area contributed by atoms with Crippen molar-refractivity contribution >= 4 is 39.4 Å². The molecule has 0 aliphatic heterocycles. The molecule has 138 valence electrons. The maximum atomic E-state index is 12.6. The molecule has 6 nitrogen and oxygen atoms in total. The monoisotopic (exact) mass is 399 g/mol. The number of hydrogen-bond donors (Lipinski definition) is 1. The first-order valence-corrected chi connectivity index (χ1v) is 10.4. The summed E-state index contributed by atoms with van der Waals surface area (Å²) in [5.41, 5.74) is 2.88. The zero-order valence-corrected chi connectivity index (χ0v) is 16.1. The lowest BCUT2D eigenvalue weighted by Crippen LogP contribution is -2.14. The summed E-state index contributed by atoms with van der Waals surface area (Å²) in [5, 5.41) is 16.3. The fraction of sp³-hybridized carbons (Fsp3) is 0.263. The highest BCUT2D eigenvalue weighted by molar-refractivity contribution is 7.15. The maximum Gasteiger partial charge on any atom is 0.269 e. The number of amides is 1. The number of aryl methyl sites for hydroxylation is 1. The van der Waals surface area contributed by atoms with E-state index in [0.29, 0.717) is 11.6 Å². The number of fused-ring (bicyclic) bond motifs is 1. The number of thiazole rings is 1. The molecule has 0 saturated heterocycles. The van der Waals surface area contributed by atoms with E-state index in [0.717, 1.165) is 35.3 Å². The summed E-state index contributed by atoms with van der Waals surface area (Å²) in [5.74, 6) is -0.106. The van der Waals surface area contributed by atoms with Crippen LogP contribution >= 0.6 is 22.7 Å². The molecule has 0 unspecified atom stereocenters. The fourth-order valence-corrected chi connectivity index (χ4v) is 5.24. The van der Waals surface area contributed by atoms with E-state index in [-0.39, 0.29) is 11.6 Å². The van der Waals surface area contributed by atoms with Gasteiger partial charge in [-0.2, -0.15) is 0 Å². The van der Waals surface area contributed by atoms with Crippen LogP contribution in [0.3, 0.4) is 0 Å². The zero-order valence-electron chi connectivity index (χ0n) is 14.4. The molecule has 0 spiro atoms. The van der Waals surface area contributed by atoms with Gasteiger partial charge in [-0.3, -0.25) is 20.2 Å². The van der Waals surface area contributed by atoms with Crippen LogP contribution in [0.4, 0.5) is 10.8 Å². The Kier molecular flexibility index (Phi) is 5.00. The van der Waals surface area contributed by atoms with Crippen molar-refractivity contribution in [1.82, 2.24) is 4.98 Å². The first-order valence-electron chi connectivity index (χ1n) is 8.69. The minimum Gasteiger partial charge on any atom is -0.298 e. The number of nitrogens with one attached hydrogen (secondary N) is 1. The van der Waals surface area contributed by atoms with Gasteiger partial charge in [0, 0.05) is 39.9 Å². The summed E-state index contributed by atoms with van der Waals surface area (Å²) in [4.78, 5) is 29.7.